The minimum Gasteiger partial charge on any atom is -0.301 e. The number of aryl methyl sites for hydroxylation is 2. The van der Waals surface area contributed by atoms with Crippen LogP contribution in [0.25, 0.3) is 0 Å². The fourth-order valence-corrected chi connectivity index (χ4v) is 2.31. The van der Waals surface area contributed by atoms with Gasteiger partial charge in [-0.1, -0.05) is 32.0 Å². The van der Waals surface area contributed by atoms with Crippen molar-refractivity contribution in [3.63, 3.8) is 0 Å². The van der Waals surface area contributed by atoms with E-state index in [1.807, 2.05) is 32.0 Å². The van der Waals surface area contributed by atoms with E-state index in [1.165, 1.54) is 11.9 Å². The number of nitrogens with zero attached hydrogens (tertiary/aromatic N) is 2. The first kappa shape index (κ1) is 17.5. The van der Waals surface area contributed by atoms with Crippen molar-refractivity contribution < 1.29 is 14.8 Å². The number of anilines is 1. The fourth-order valence-electron chi connectivity index (χ4n) is 2.16. The Morgan fingerprint density at radius 1 is 1.14 bits per heavy atom. The van der Waals surface area contributed by atoms with Gasteiger partial charge in [0.1, 0.15) is 12.4 Å². The highest BCUT2D eigenvalue weighted by Crippen LogP contribution is 2.27. The van der Waals surface area contributed by atoms with Crippen molar-refractivity contribution in [1.82, 2.24) is 5.06 Å². The van der Waals surface area contributed by atoms with Crippen LogP contribution >= 0.6 is 11.6 Å². The Bertz CT molecular complexity index is 495. The normalized spacial score (nSPS) is 10.3. The van der Waals surface area contributed by atoms with Crippen LogP contribution in [0, 0.1) is 0 Å². The Labute approximate surface area is 130 Å². The minimum absolute atomic E-state index is 0.219. The van der Waals surface area contributed by atoms with Gasteiger partial charge in [-0.25, -0.2) is 5.06 Å². The molecule has 1 aromatic carbocycles. The highest BCUT2D eigenvalue weighted by Gasteiger charge is 2.23. The van der Waals surface area contributed by atoms with Gasteiger partial charge in [0, 0.05) is 7.05 Å². The number of amides is 2. The zero-order chi connectivity index (χ0) is 16.0. The number of carbonyl (C=O) groups is 2. The number of benzene rings is 1. The van der Waals surface area contributed by atoms with Crippen molar-refractivity contribution >= 4 is 29.1 Å². The van der Waals surface area contributed by atoms with Crippen LogP contribution in [0.3, 0.4) is 0 Å². The molecule has 1 N–H and O–H groups in total. The van der Waals surface area contributed by atoms with E-state index >= 15 is 0 Å². The van der Waals surface area contributed by atoms with E-state index < -0.39 is 5.91 Å². The maximum absolute atomic E-state index is 12.1. The smallest absolute Gasteiger partial charge is 0.265 e. The van der Waals surface area contributed by atoms with Gasteiger partial charge in [-0.2, -0.15) is 0 Å². The summed E-state index contributed by atoms with van der Waals surface area (Å²) in [5.41, 5.74) is 2.67. The second-order valence-electron chi connectivity index (χ2n) is 4.66. The molecule has 2 amide bonds. The lowest BCUT2D eigenvalue weighted by Crippen LogP contribution is -2.42. The van der Waals surface area contributed by atoms with E-state index in [4.69, 9.17) is 11.6 Å². The van der Waals surface area contributed by atoms with Gasteiger partial charge in [-0.05, 0) is 24.0 Å². The lowest BCUT2D eigenvalue weighted by Gasteiger charge is -2.27. The molecule has 0 spiro atoms. The van der Waals surface area contributed by atoms with Crippen LogP contribution in [0.15, 0.2) is 18.2 Å². The first-order valence-corrected chi connectivity index (χ1v) is 7.42. The monoisotopic (exact) mass is 312 g/mol. The third kappa shape index (κ3) is 4.19. The number of alkyl halides is 1. The topological polar surface area (TPSA) is 60.9 Å². The van der Waals surface area contributed by atoms with Crippen LogP contribution in [-0.4, -0.2) is 41.6 Å². The largest absolute Gasteiger partial charge is 0.301 e. The molecule has 21 heavy (non-hydrogen) atoms. The quantitative estimate of drug-likeness (QED) is 0.498. The molecule has 0 saturated carbocycles. The molecule has 0 aliphatic rings. The van der Waals surface area contributed by atoms with Crippen molar-refractivity contribution in [2.24, 2.45) is 0 Å². The Morgan fingerprint density at radius 3 is 2.05 bits per heavy atom. The molecule has 0 heterocycles. The summed E-state index contributed by atoms with van der Waals surface area (Å²) in [4.78, 5) is 25.3. The predicted octanol–water partition coefficient (Wildman–Crippen LogP) is 2.23. The lowest BCUT2D eigenvalue weighted by atomic mass is 10.0. The van der Waals surface area contributed by atoms with Crippen LogP contribution in [0.5, 0.6) is 0 Å². The molecule has 0 unspecified atom stereocenters. The van der Waals surface area contributed by atoms with Gasteiger partial charge in [0.25, 0.3) is 5.91 Å². The second-order valence-corrected chi connectivity index (χ2v) is 4.93. The number of hydrogen-bond acceptors (Lipinski definition) is 3. The van der Waals surface area contributed by atoms with Crippen molar-refractivity contribution in [2.45, 2.75) is 26.7 Å². The van der Waals surface area contributed by atoms with E-state index in [2.05, 4.69) is 0 Å². The summed E-state index contributed by atoms with van der Waals surface area (Å²) in [5.74, 6) is -1.15. The second kappa shape index (κ2) is 8.00. The molecule has 0 aliphatic heterocycles. The first-order chi connectivity index (χ1) is 9.96. The summed E-state index contributed by atoms with van der Waals surface area (Å²) in [6, 6.07) is 5.79. The number of likely N-dealkylation sites (N-methyl/N-ethyl adjacent to an activating group) is 1. The van der Waals surface area contributed by atoms with Crippen LogP contribution in [-0.2, 0) is 22.4 Å². The van der Waals surface area contributed by atoms with Gasteiger partial charge in [0.2, 0.25) is 5.91 Å². The van der Waals surface area contributed by atoms with Gasteiger partial charge in [0.15, 0.2) is 0 Å². The summed E-state index contributed by atoms with van der Waals surface area (Å²) in [5, 5.41) is 9.72. The SMILES string of the molecule is CCc1cccc(CC)c1N(CC(=O)N(C)O)C(=O)CCl. The van der Waals surface area contributed by atoms with Crippen LogP contribution < -0.4 is 4.90 Å². The Kier molecular flexibility index (Phi) is 6.65. The number of hydroxylamine groups is 2. The molecule has 1 rings (SSSR count). The molecule has 0 atom stereocenters. The summed E-state index contributed by atoms with van der Waals surface area (Å²) in [6.07, 6.45) is 1.47. The molecular formula is C15H21ClN2O3. The number of hydrogen-bond donors (Lipinski definition) is 1. The Morgan fingerprint density at radius 2 is 1.67 bits per heavy atom. The highest BCUT2D eigenvalue weighted by molar-refractivity contribution is 6.29. The summed E-state index contributed by atoms with van der Waals surface area (Å²) >= 11 is 5.67. The maximum Gasteiger partial charge on any atom is 0.265 e. The average Bonchev–Trinajstić information content (AvgIpc) is 2.50. The van der Waals surface area contributed by atoms with Crippen molar-refractivity contribution in [2.75, 3.05) is 24.4 Å². The van der Waals surface area contributed by atoms with Gasteiger partial charge < -0.3 is 4.90 Å². The van der Waals surface area contributed by atoms with E-state index in [0.717, 1.165) is 29.7 Å². The molecule has 6 heteroatoms. The number of para-hydroxylation sites is 1. The van der Waals surface area contributed by atoms with Gasteiger partial charge in [-0.3, -0.25) is 14.8 Å². The van der Waals surface area contributed by atoms with Crippen molar-refractivity contribution in [1.29, 1.82) is 0 Å². The van der Waals surface area contributed by atoms with Crippen LogP contribution in [0.4, 0.5) is 5.69 Å². The first-order valence-electron chi connectivity index (χ1n) is 6.88. The molecule has 0 fully saturated rings. The highest BCUT2D eigenvalue weighted by atomic mass is 35.5. The third-order valence-electron chi connectivity index (χ3n) is 3.30. The third-order valence-corrected chi connectivity index (χ3v) is 3.53. The molecule has 116 valence electrons. The lowest BCUT2D eigenvalue weighted by molar-refractivity contribution is -0.157. The van der Waals surface area contributed by atoms with E-state index in [1.54, 1.807) is 0 Å². The molecule has 0 bridgehead atoms. The maximum atomic E-state index is 12.1. The van der Waals surface area contributed by atoms with Gasteiger partial charge >= 0.3 is 0 Å². The molecule has 0 saturated heterocycles. The summed E-state index contributed by atoms with van der Waals surface area (Å²) < 4.78 is 0. The Balaban J connectivity index is 3.32. The number of rotatable bonds is 6. The van der Waals surface area contributed by atoms with Crippen LogP contribution in [0.1, 0.15) is 25.0 Å². The average molecular weight is 313 g/mol. The Hall–Kier alpha value is -1.59. The van der Waals surface area contributed by atoms with Gasteiger partial charge in [0.05, 0.1) is 5.69 Å². The number of carbonyl (C=O) groups excluding carboxylic acids is 2. The van der Waals surface area contributed by atoms with Crippen LogP contribution in [0.2, 0.25) is 0 Å². The summed E-state index contributed by atoms with van der Waals surface area (Å²) in [6.45, 7) is 3.74. The molecular weight excluding hydrogens is 292 g/mol. The fraction of sp³-hybridized carbons (Fsp3) is 0.467. The van der Waals surface area contributed by atoms with Crippen molar-refractivity contribution in [3.05, 3.63) is 29.3 Å². The molecule has 0 aliphatic carbocycles. The molecule has 1 aromatic rings. The van der Waals surface area contributed by atoms with E-state index in [9.17, 15) is 14.8 Å². The summed E-state index contributed by atoms with van der Waals surface area (Å²) in [7, 11) is 1.23. The molecule has 0 radical (unpaired) electrons. The van der Waals surface area contributed by atoms with Crippen molar-refractivity contribution in [3.8, 4) is 0 Å². The van der Waals surface area contributed by atoms with Gasteiger partial charge in [-0.15, -0.1) is 11.6 Å². The van der Waals surface area contributed by atoms with E-state index in [-0.39, 0.29) is 18.3 Å². The predicted molar refractivity (Wildman–Crippen MR) is 82.8 cm³/mol. The molecule has 0 aromatic heterocycles. The number of halogens is 1. The zero-order valence-electron chi connectivity index (χ0n) is 12.6. The van der Waals surface area contributed by atoms with E-state index in [0.29, 0.717) is 5.06 Å². The zero-order valence-corrected chi connectivity index (χ0v) is 13.4. The minimum atomic E-state index is -0.568. The standard InChI is InChI=1S/C15H21ClN2O3/c1-4-11-7-6-8-12(5-2)15(11)18(13(19)9-16)10-14(20)17(3)21/h6-8,21H,4-5,9-10H2,1-3H3. The molecule has 5 nitrogen and oxygen atoms in total.